The highest BCUT2D eigenvalue weighted by Crippen LogP contribution is 2.34. The zero-order valence-corrected chi connectivity index (χ0v) is 15.1. The summed E-state index contributed by atoms with van der Waals surface area (Å²) in [6.45, 7) is 0. The lowest BCUT2D eigenvalue weighted by Crippen LogP contribution is -1.97. The predicted molar refractivity (Wildman–Crippen MR) is 99.1 cm³/mol. The van der Waals surface area contributed by atoms with Crippen LogP contribution >= 0.6 is 27.5 Å². The van der Waals surface area contributed by atoms with Gasteiger partial charge in [-0.25, -0.2) is 4.98 Å². The molecule has 0 saturated heterocycles. The van der Waals surface area contributed by atoms with Crippen molar-refractivity contribution in [1.82, 2.24) is 4.98 Å². The van der Waals surface area contributed by atoms with Gasteiger partial charge in [0.05, 0.1) is 12.8 Å². The highest BCUT2D eigenvalue weighted by Gasteiger charge is 2.15. The molecule has 5 heteroatoms. The summed E-state index contributed by atoms with van der Waals surface area (Å²) in [6.07, 6.45) is 0. The fourth-order valence-electron chi connectivity index (χ4n) is 2.40. The zero-order chi connectivity index (χ0) is 17.1. The molecule has 0 saturated carbocycles. The van der Waals surface area contributed by atoms with Crippen LogP contribution in [0, 0.1) is 11.3 Å². The van der Waals surface area contributed by atoms with Crippen molar-refractivity contribution < 1.29 is 4.74 Å². The summed E-state index contributed by atoms with van der Waals surface area (Å²) in [6, 6.07) is 19.3. The number of methoxy groups -OCH3 is 1. The molecule has 24 heavy (non-hydrogen) atoms. The summed E-state index contributed by atoms with van der Waals surface area (Å²) < 4.78 is 6.33. The molecule has 1 aromatic heterocycles. The highest BCUT2D eigenvalue weighted by atomic mass is 79.9. The van der Waals surface area contributed by atoms with Crippen molar-refractivity contribution in [2.24, 2.45) is 0 Å². The Balaban J connectivity index is 2.23. The topological polar surface area (TPSA) is 45.9 Å². The van der Waals surface area contributed by atoms with Crippen LogP contribution in [0.1, 0.15) is 5.56 Å². The summed E-state index contributed by atoms with van der Waals surface area (Å²) in [7, 11) is 1.51. The predicted octanol–water partition coefficient (Wildman–Crippen LogP) is 5.71. The molecule has 2 aromatic carbocycles. The van der Waals surface area contributed by atoms with E-state index in [1.165, 1.54) is 7.11 Å². The van der Waals surface area contributed by atoms with Crippen molar-refractivity contribution >= 4 is 27.5 Å². The second kappa shape index (κ2) is 7.04. The monoisotopic (exact) mass is 398 g/mol. The fourth-order valence-corrected chi connectivity index (χ4v) is 2.79. The number of aromatic nitrogens is 1. The van der Waals surface area contributed by atoms with Gasteiger partial charge in [0.15, 0.2) is 0 Å². The highest BCUT2D eigenvalue weighted by molar-refractivity contribution is 9.10. The Morgan fingerprint density at radius 3 is 2.25 bits per heavy atom. The molecule has 0 unspecified atom stereocenters. The lowest BCUT2D eigenvalue weighted by atomic mass is 9.99. The Labute approximate surface area is 153 Å². The minimum Gasteiger partial charge on any atom is -0.480 e. The lowest BCUT2D eigenvalue weighted by molar-refractivity contribution is 0.397. The van der Waals surface area contributed by atoms with Crippen molar-refractivity contribution in [3.63, 3.8) is 0 Å². The van der Waals surface area contributed by atoms with Crippen LogP contribution in [0.2, 0.25) is 5.02 Å². The SMILES string of the molecule is COc1nc(-c2ccc(Br)cc2)cc(-c2ccc(Cl)cc2)c1C#N. The van der Waals surface area contributed by atoms with Crippen LogP contribution in [0.4, 0.5) is 0 Å². The fraction of sp³-hybridized carbons (Fsp3) is 0.0526. The Morgan fingerprint density at radius 2 is 1.67 bits per heavy atom. The van der Waals surface area contributed by atoms with Crippen LogP contribution < -0.4 is 4.74 Å². The van der Waals surface area contributed by atoms with Crippen molar-refractivity contribution in [3.8, 4) is 34.3 Å². The molecule has 0 radical (unpaired) electrons. The smallest absolute Gasteiger partial charge is 0.232 e. The molecule has 0 amide bonds. The second-order valence-corrected chi connectivity index (χ2v) is 6.42. The molecule has 3 aromatic rings. The summed E-state index contributed by atoms with van der Waals surface area (Å²) in [4.78, 5) is 4.48. The number of nitriles is 1. The van der Waals surface area contributed by atoms with Gasteiger partial charge in [0.1, 0.15) is 11.6 Å². The molecule has 3 nitrogen and oxygen atoms in total. The zero-order valence-electron chi connectivity index (χ0n) is 12.8. The molecule has 3 rings (SSSR count). The summed E-state index contributed by atoms with van der Waals surface area (Å²) in [5.74, 6) is 0.308. The third kappa shape index (κ3) is 3.28. The molecule has 0 atom stereocenters. The molecule has 0 aliphatic carbocycles. The standard InChI is InChI=1S/C19H12BrClN2O/c1-24-19-17(11-22)16(12-4-8-15(21)9-5-12)10-18(23-19)13-2-6-14(20)7-3-13/h2-10H,1H3. The second-order valence-electron chi connectivity index (χ2n) is 5.06. The van der Waals surface area contributed by atoms with E-state index in [1.807, 2.05) is 42.5 Å². The maximum atomic E-state index is 9.54. The Morgan fingerprint density at radius 1 is 1.04 bits per heavy atom. The van der Waals surface area contributed by atoms with Crippen LogP contribution in [-0.4, -0.2) is 12.1 Å². The third-order valence-corrected chi connectivity index (χ3v) is 4.37. The number of halogens is 2. The van der Waals surface area contributed by atoms with E-state index >= 15 is 0 Å². The molecule has 0 spiro atoms. The van der Waals surface area contributed by atoms with E-state index in [0.29, 0.717) is 16.5 Å². The normalized spacial score (nSPS) is 10.2. The van der Waals surface area contributed by atoms with E-state index in [9.17, 15) is 5.26 Å². The van der Waals surface area contributed by atoms with Crippen LogP contribution in [0.25, 0.3) is 22.4 Å². The number of rotatable bonds is 3. The molecular weight excluding hydrogens is 388 g/mol. The van der Waals surface area contributed by atoms with Gasteiger partial charge in [-0.05, 0) is 35.9 Å². The van der Waals surface area contributed by atoms with Gasteiger partial charge >= 0.3 is 0 Å². The van der Waals surface area contributed by atoms with E-state index in [-0.39, 0.29) is 0 Å². The average Bonchev–Trinajstić information content (AvgIpc) is 2.62. The molecule has 1 heterocycles. The molecule has 0 bridgehead atoms. The molecule has 0 N–H and O–H groups in total. The molecule has 0 aliphatic heterocycles. The quantitative estimate of drug-likeness (QED) is 0.566. The van der Waals surface area contributed by atoms with Crippen LogP contribution in [0.5, 0.6) is 5.88 Å². The molecular formula is C19H12BrClN2O. The Bertz CT molecular complexity index is 916. The Kier molecular flexibility index (Phi) is 4.84. The number of nitrogens with zero attached hydrogens (tertiary/aromatic N) is 2. The number of pyridine rings is 1. The van der Waals surface area contributed by atoms with Crippen LogP contribution in [-0.2, 0) is 0 Å². The van der Waals surface area contributed by atoms with Gasteiger partial charge in [0.25, 0.3) is 0 Å². The van der Waals surface area contributed by atoms with Gasteiger partial charge in [0.2, 0.25) is 5.88 Å². The summed E-state index contributed by atoms with van der Waals surface area (Å²) >= 11 is 9.39. The van der Waals surface area contributed by atoms with Crippen molar-refractivity contribution in [1.29, 1.82) is 5.26 Å². The van der Waals surface area contributed by atoms with E-state index in [0.717, 1.165) is 26.9 Å². The van der Waals surface area contributed by atoms with Gasteiger partial charge < -0.3 is 4.74 Å². The maximum Gasteiger partial charge on any atom is 0.232 e. The number of hydrogen-bond donors (Lipinski definition) is 0. The van der Waals surface area contributed by atoms with Crippen LogP contribution in [0.3, 0.4) is 0 Å². The van der Waals surface area contributed by atoms with Gasteiger partial charge in [-0.15, -0.1) is 0 Å². The van der Waals surface area contributed by atoms with Crippen molar-refractivity contribution in [3.05, 3.63) is 69.7 Å². The summed E-state index contributed by atoms with van der Waals surface area (Å²) in [5, 5.41) is 10.2. The first-order valence-corrected chi connectivity index (χ1v) is 8.30. The van der Waals surface area contributed by atoms with E-state index < -0.39 is 0 Å². The van der Waals surface area contributed by atoms with E-state index in [1.54, 1.807) is 12.1 Å². The van der Waals surface area contributed by atoms with E-state index in [2.05, 4.69) is 27.0 Å². The largest absolute Gasteiger partial charge is 0.480 e. The van der Waals surface area contributed by atoms with Gasteiger partial charge in [-0.3, -0.25) is 0 Å². The van der Waals surface area contributed by atoms with Crippen molar-refractivity contribution in [2.75, 3.05) is 7.11 Å². The first-order valence-electron chi connectivity index (χ1n) is 7.13. The minimum atomic E-state index is 0.308. The third-order valence-electron chi connectivity index (χ3n) is 3.59. The minimum absolute atomic E-state index is 0.308. The van der Waals surface area contributed by atoms with Crippen LogP contribution in [0.15, 0.2) is 59.1 Å². The average molecular weight is 400 g/mol. The van der Waals surface area contributed by atoms with E-state index in [4.69, 9.17) is 16.3 Å². The molecule has 0 aliphatic rings. The van der Waals surface area contributed by atoms with Gasteiger partial charge in [-0.2, -0.15) is 5.26 Å². The molecule has 0 fully saturated rings. The van der Waals surface area contributed by atoms with Gasteiger partial charge in [0, 0.05) is 20.6 Å². The Hall–Kier alpha value is -2.35. The first-order chi connectivity index (χ1) is 11.6. The maximum absolute atomic E-state index is 9.54. The first kappa shape index (κ1) is 16.5. The lowest BCUT2D eigenvalue weighted by Gasteiger charge is -2.12. The number of benzene rings is 2. The summed E-state index contributed by atoms with van der Waals surface area (Å²) in [5.41, 5.74) is 3.73. The number of hydrogen-bond acceptors (Lipinski definition) is 3. The molecule has 118 valence electrons. The van der Waals surface area contributed by atoms with Gasteiger partial charge in [-0.1, -0.05) is 51.8 Å². The van der Waals surface area contributed by atoms with Crippen molar-refractivity contribution in [2.45, 2.75) is 0 Å². The number of ether oxygens (including phenoxy) is 1.